The molecule has 1 atom stereocenters. The van der Waals surface area contributed by atoms with Gasteiger partial charge in [0, 0.05) is 30.9 Å². The van der Waals surface area contributed by atoms with Crippen LogP contribution >= 0.6 is 11.6 Å². The third-order valence-electron chi connectivity index (χ3n) is 3.68. The number of methoxy groups -OCH3 is 1. The average Bonchev–Trinajstić information content (AvgIpc) is 2.65. The highest BCUT2D eigenvalue weighted by Crippen LogP contribution is 2.20. The minimum Gasteiger partial charge on any atom is -0.465 e. The molecule has 1 heterocycles. The molecule has 1 amide bonds. The van der Waals surface area contributed by atoms with Crippen LogP contribution in [0.1, 0.15) is 20.7 Å². The molecule has 1 unspecified atom stereocenters. The second-order valence-corrected chi connectivity index (χ2v) is 5.65. The summed E-state index contributed by atoms with van der Waals surface area (Å²) in [6, 6.07) is 4.72. The number of morpholine rings is 1. The standard InChI is InChI=1S/C16H21ClN2O5/c1-23-16(22)13-3-2-11(8-14(13)18-10-12(20)9-17)15(21)19-4-6-24-7-5-19/h2-3,8,12,18,20H,4-7,9-10H2,1H3. The molecule has 0 aliphatic carbocycles. The molecule has 0 saturated carbocycles. The van der Waals surface area contributed by atoms with Gasteiger partial charge in [0.05, 0.1) is 37.9 Å². The molecule has 1 saturated heterocycles. The van der Waals surface area contributed by atoms with Crippen molar-refractivity contribution in [1.82, 2.24) is 4.90 Å². The molecule has 24 heavy (non-hydrogen) atoms. The first-order valence-corrected chi connectivity index (χ1v) is 8.17. The van der Waals surface area contributed by atoms with E-state index < -0.39 is 12.1 Å². The van der Waals surface area contributed by atoms with Gasteiger partial charge in [-0.2, -0.15) is 0 Å². The number of aliphatic hydroxyl groups excluding tert-OH is 1. The van der Waals surface area contributed by atoms with E-state index in [0.29, 0.717) is 37.6 Å². The van der Waals surface area contributed by atoms with Gasteiger partial charge in [-0.1, -0.05) is 0 Å². The maximum atomic E-state index is 12.6. The van der Waals surface area contributed by atoms with E-state index in [1.807, 2.05) is 0 Å². The highest BCUT2D eigenvalue weighted by molar-refractivity contribution is 6.18. The third kappa shape index (κ3) is 4.59. The van der Waals surface area contributed by atoms with Crippen molar-refractivity contribution in [3.05, 3.63) is 29.3 Å². The van der Waals surface area contributed by atoms with Crippen molar-refractivity contribution in [3.63, 3.8) is 0 Å². The van der Waals surface area contributed by atoms with Crippen molar-refractivity contribution in [3.8, 4) is 0 Å². The number of hydrogen-bond acceptors (Lipinski definition) is 6. The smallest absolute Gasteiger partial charge is 0.339 e. The van der Waals surface area contributed by atoms with Gasteiger partial charge in [-0.25, -0.2) is 4.79 Å². The number of anilines is 1. The minimum atomic E-state index is -0.768. The fourth-order valence-corrected chi connectivity index (χ4v) is 2.45. The lowest BCUT2D eigenvalue weighted by Crippen LogP contribution is -2.40. The SMILES string of the molecule is COC(=O)c1ccc(C(=O)N2CCOCC2)cc1NCC(O)CCl. The quantitative estimate of drug-likeness (QED) is 0.583. The average molecular weight is 357 g/mol. The summed E-state index contributed by atoms with van der Waals surface area (Å²) in [6.45, 7) is 2.25. The Morgan fingerprint density at radius 1 is 1.42 bits per heavy atom. The number of ether oxygens (including phenoxy) is 2. The molecule has 2 N–H and O–H groups in total. The molecule has 1 aromatic carbocycles. The Kier molecular flexibility index (Phi) is 6.84. The largest absolute Gasteiger partial charge is 0.465 e. The van der Waals surface area contributed by atoms with E-state index in [9.17, 15) is 14.7 Å². The van der Waals surface area contributed by atoms with E-state index in [0.717, 1.165) is 0 Å². The molecule has 0 aromatic heterocycles. The summed E-state index contributed by atoms with van der Waals surface area (Å²) in [6.07, 6.45) is -0.768. The molecular weight excluding hydrogens is 336 g/mol. The molecule has 1 aliphatic heterocycles. The second kappa shape index (κ2) is 8.86. The summed E-state index contributed by atoms with van der Waals surface area (Å²) in [5.74, 6) is -0.591. The monoisotopic (exact) mass is 356 g/mol. The molecule has 8 heteroatoms. The molecule has 0 radical (unpaired) electrons. The van der Waals surface area contributed by atoms with E-state index in [4.69, 9.17) is 21.1 Å². The van der Waals surface area contributed by atoms with Gasteiger partial charge in [0.1, 0.15) is 0 Å². The number of rotatable bonds is 6. The predicted molar refractivity (Wildman–Crippen MR) is 89.7 cm³/mol. The number of carbonyl (C=O) groups excluding carboxylic acids is 2. The lowest BCUT2D eigenvalue weighted by Gasteiger charge is -2.27. The Hall–Kier alpha value is -1.83. The summed E-state index contributed by atoms with van der Waals surface area (Å²) in [7, 11) is 1.28. The maximum absolute atomic E-state index is 12.6. The van der Waals surface area contributed by atoms with E-state index in [1.54, 1.807) is 17.0 Å². The second-order valence-electron chi connectivity index (χ2n) is 5.35. The van der Waals surface area contributed by atoms with Crippen LogP contribution in [-0.4, -0.2) is 73.8 Å². The van der Waals surface area contributed by atoms with Gasteiger partial charge >= 0.3 is 5.97 Å². The number of nitrogens with zero attached hydrogens (tertiary/aromatic N) is 1. The van der Waals surface area contributed by atoms with E-state index >= 15 is 0 Å². The zero-order chi connectivity index (χ0) is 17.5. The third-order valence-corrected chi connectivity index (χ3v) is 4.03. The van der Waals surface area contributed by atoms with E-state index in [2.05, 4.69) is 5.32 Å². The van der Waals surface area contributed by atoms with Gasteiger partial charge in [-0.3, -0.25) is 4.79 Å². The lowest BCUT2D eigenvalue weighted by atomic mass is 10.1. The summed E-state index contributed by atoms with van der Waals surface area (Å²) >= 11 is 5.58. The predicted octanol–water partition coefficient (Wildman–Crippen LogP) is 0.957. The first kappa shape index (κ1) is 18.5. The molecule has 7 nitrogen and oxygen atoms in total. The van der Waals surface area contributed by atoms with Gasteiger partial charge in [0.15, 0.2) is 0 Å². The normalized spacial score (nSPS) is 15.7. The molecule has 0 spiro atoms. The number of amides is 1. The number of alkyl halides is 1. The van der Waals surface area contributed by atoms with E-state index in [1.165, 1.54) is 13.2 Å². The number of esters is 1. The molecule has 1 aliphatic rings. The van der Waals surface area contributed by atoms with Crippen LogP contribution in [0, 0.1) is 0 Å². The number of hydrogen-bond donors (Lipinski definition) is 2. The number of halogens is 1. The van der Waals surface area contributed by atoms with Gasteiger partial charge in [0.25, 0.3) is 5.91 Å². The Morgan fingerprint density at radius 3 is 2.75 bits per heavy atom. The molecule has 1 fully saturated rings. The van der Waals surface area contributed by atoms with Crippen LogP contribution < -0.4 is 5.32 Å². The van der Waals surface area contributed by atoms with Gasteiger partial charge in [-0.05, 0) is 18.2 Å². The number of benzene rings is 1. The number of carbonyl (C=O) groups is 2. The van der Waals surface area contributed by atoms with Gasteiger partial charge < -0.3 is 24.8 Å². The Balaban J connectivity index is 2.23. The van der Waals surface area contributed by atoms with Crippen molar-refractivity contribution in [2.75, 3.05) is 51.2 Å². The van der Waals surface area contributed by atoms with Crippen molar-refractivity contribution >= 4 is 29.2 Å². The van der Waals surface area contributed by atoms with Gasteiger partial charge in [-0.15, -0.1) is 11.6 Å². The summed E-state index contributed by atoms with van der Waals surface area (Å²) in [4.78, 5) is 26.1. The van der Waals surface area contributed by atoms with Crippen LogP contribution in [0.3, 0.4) is 0 Å². The highest BCUT2D eigenvalue weighted by atomic mass is 35.5. The maximum Gasteiger partial charge on any atom is 0.339 e. The van der Waals surface area contributed by atoms with Crippen LogP contribution in [0.25, 0.3) is 0 Å². The Morgan fingerprint density at radius 2 is 2.12 bits per heavy atom. The zero-order valence-corrected chi connectivity index (χ0v) is 14.2. The summed E-state index contributed by atoms with van der Waals surface area (Å²) < 4.78 is 9.99. The highest BCUT2D eigenvalue weighted by Gasteiger charge is 2.21. The van der Waals surface area contributed by atoms with Crippen LogP contribution in [0.4, 0.5) is 5.69 Å². The number of nitrogens with one attached hydrogen (secondary N) is 1. The van der Waals surface area contributed by atoms with Crippen LogP contribution in [0.15, 0.2) is 18.2 Å². The van der Waals surface area contributed by atoms with Crippen molar-refractivity contribution < 1.29 is 24.2 Å². The van der Waals surface area contributed by atoms with Crippen LogP contribution in [0.5, 0.6) is 0 Å². The Labute approximate surface area is 145 Å². The first-order valence-electron chi connectivity index (χ1n) is 7.64. The van der Waals surface area contributed by atoms with Crippen molar-refractivity contribution in [2.45, 2.75) is 6.10 Å². The summed E-state index contributed by atoms with van der Waals surface area (Å²) in [5, 5.41) is 12.5. The first-order chi connectivity index (χ1) is 11.6. The van der Waals surface area contributed by atoms with Crippen molar-refractivity contribution in [1.29, 1.82) is 0 Å². The van der Waals surface area contributed by atoms with E-state index in [-0.39, 0.29) is 23.9 Å². The van der Waals surface area contributed by atoms with Crippen LogP contribution in [-0.2, 0) is 9.47 Å². The lowest BCUT2D eigenvalue weighted by molar-refractivity contribution is 0.0303. The molecule has 132 valence electrons. The molecule has 2 rings (SSSR count). The molecule has 1 aromatic rings. The molecule has 0 bridgehead atoms. The molecular formula is C16H21ClN2O5. The minimum absolute atomic E-state index is 0.0625. The van der Waals surface area contributed by atoms with Gasteiger partial charge in [0.2, 0.25) is 0 Å². The summed E-state index contributed by atoms with van der Waals surface area (Å²) in [5.41, 5.74) is 1.16. The zero-order valence-electron chi connectivity index (χ0n) is 13.5. The number of aliphatic hydroxyl groups is 1. The fraction of sp³-hybridized carbons (Fsp3) is 0.500. The van der Waals surface area contributed by atoms with Crippen LogP contribution in [0.2, 0.25) is 0 Å². The Bertz CT molecular complexity index is 590. The topological polar surface area (TPSA) is 88.1 Å². The van der Waals surface area contributed by atoms with Crippen molar-refractivity contribution in [2.24, 2.45) is 0 Å². The fourth-order valence-electron chi connectivity index (χ4n) is 2.34.